The first-order valence-electron chi connectivity index (χ1n) is 3.73. The summed E-state index contributed by atoms with van der Waals surface area (Å²) in [5, 5.41) is 1.21. The lowest BCUT2D eigenvalue weighted by molar-refractivity contribution is 1.17. The van der Waals surface area contributed by atoms with Crippen LogP contribution in [0.1, 0.15) is 13.3 Å². The summed E-state index contributed by atoms with van der Waals surface area (Å²) in [5.41, 5.74) is 2.27. The fourth-order valence-corrected chi connectivity index (χ4v) is 1.15. The molecule has 0 atom stereocenters. The van der Waals surface area contributed by atoms with E-state index in [0.717, 1.165) is 11.9 Å². The average molecular weight is 146 g/mol. The summed E-state index contributed by atoms with van der Waals surface area (Å²) < 4.78 is 0. The highest BCUT2D eigenvalue weighted by Crippen LogP contribution is 2.00. The first-order chi connectivity index (χ1) is 5.36. The van der Waals surface area contributed by atoms with Crippen molar-refractivity contribution in [1.82, 2.24) is 4.98 Å². The maximum absolute atomic E-state index is 4.28. The zero-order chi connectivity index (χ0) is 7.68. The monoisotopic (exact) mass is 146 g/mol. The Morgan fingerprint density at radius 1 is 1.55 bits per heavy atom. The van der Waals surface area contributed by atoms with Crippen molar-refractivity contribution in [2.75, 3.05) is 0 Å². The molecule has 0 saturated carbocycles. The Kier molecular flexibility index (Phi) is 1.39. The molecule has 2 heteroatoms. The van der Waals surface area contributed by atoms with E-state index >= 15 is 0 Å². The molecule has 0 spiro atoms. The Bertz CT molecular complexity index is 395. The number of nitrogens with zero attached hydrogens (tertiary/aromatic N) is 1. The predicted molar refractivity (Wildman–Crippen MR) is 44.4 cm³/mol. The van der Waals surface area contributed by atoms with Gasteiger partial charge in [0.2, 0.25) is 0 Å². The molecule has 2 nitrogen and oxygen atoms in total. The van der Waals surface area contributed by atoms with Crippen LogP contribution in [0.5, 0.6) is 0 Å². The van der Waals surface area contributed by atoms with Crippen molar-refractivity contribution in [3.05, 3.63) is 34.7 Å². The largest absolute Gasteiger partial charge is 0.346 e. The minimum absolute atomic E-state index is 0.974. The van der Waals surface area contributed by atoms with Crippen LogP contribution in [0.3, 0.4) is 0 Å². The van der Waals surface area contributed by atoms with Gasteiger partial charge in [-0.3, -0.25) is 0 Å². The maximum Gasteiger partial charge on any atom is 0.136 e. The number of aromatic amines is 1. The van der Waals surface area contributed by atoms with Gasteiger partial charge in [0.1, 0.15) is 5.49 Å². The fraction of sp³-hybridized carbons (Fsp3) is 0.222. The normalized spacial score (nSPS) is 15.5. The van der Waals surface area contributed by atoms with Crippen LogP contribution in [0.2, 0.25) is 0 Å². The minimum Gasteiger partial charge on any atom is -0.346 e. The van der Waals surface area contributed by atoms with Gasteiger partial charge in [0.05, 0.1) is 0 Å². The molecule has 1 aromatic rings. The van der Waals surface area contributed by atoms with Gasteiger partial charge in [0.25, 0.3) is 0 Å². The number of allylic oxidation sites excluding steroid dienone is 1. The van der Waals surface area contributed by atoms with Crippen molar-refractivity contribution in [2.45, 2.75) is 13.3 Å². The second kappa shape index (κ2) is 2.38. The van der Waals surface area contributed by atoms with Gasteiger partial charge in [0.15, 0.2) is 0 Å². The Morgan fingerprint density at radius 2 is 2.45 bits per heavy atom. The van der Waals surface area contributed by atoms with Crippen LogP contribution in [-0.4, -0.2) is 4.98 Å². The number of aromatic nitrogens is 1. The molecule has 56 valence electrons. The molecule has 0 amide bonds. The van der Waals surface area contributed by atoms with Gasteiger partial charge < -0.3 is 4.98 Å². The summed E-state index contributed by atoms with van der Waals surface area (Å²) in [6, 6.07) is 2.05. The average Bonchev–Trinajstić information content (AvgIpc) is 2.38. The first kappa shape index (κ1) is 6.40. The van der Waals surface area contributed by atoms with Gasteiger partial charge in [-0.15, -0.1) is 0 Å². The Labute approximate surface area is 65.0 Å². The van der Waals surface area contributed by atoms with E-state index in [2.05, 4.69) is 23.0 Å². The lowest BCUT2D eigenvalue weighted by Crippen LogP contribution is -2.21. The first-order valence-corrected chi connectivity index (χ1v) is 3.73. The third kappa shape index (κ3) is 1.11. The van der Waals surface area contributed by atoms with Gasteiger partial charge in [0, 0.05) is 17.6 Å². The molecule has 0 aromatic carbocycles. The zero-order valence-electron chi connectivity index (χ0n) is 6.46. The Balaban J connectivity index is 2.71. The molecular weight excluding hydrogens is 136 g/mol. The van der Waals surface area contributed by atoms with Crippen molar-refractivity contribution in [2.24, 2.45) is 4.99 Å². The number of nitrogens with one attached hydrogen (secondary N) is 1. The van der Waals surface area contributed by atoms with Gasteiger partial charge >= 0.3 is 0 Å². The topological polar surface area (TPSA) is 28.1 Å². The molecule has 0 radical (unpaired) electrons. The SMILES string of the molecule is CC1=CN=c2[nH]ccc2=CC1. The summed E-state index contributed by atoms with van der Waals surface area (Å²) in [7, 11) is 0. The maximum atomic E-state index is 4.28. The van der Waals surface area contributed by atoms with Crippen LogP contribution in [0.15, 0.2) is 29.0 Å². The van der Waals surface area contributed by atoms with E-state index in [0.29, 0.717) is 0 Å². The second-order valence-corrected chi connectivity index (χ2v) is 2.79. The highest BCUT2D eigenvalue weighted by molar-refractivity contribution is 5.29. The summed E-state index contributed by atoms with van der Waals surface area (Å²) in [6.45, 7) is 2.09. The van der Waals surface area contributed by atoms with E-state index in [-0.39, 0.29) is 0 Å². The number of hydrogen-bond acceptors (Lipinski definition) is 1. The standard InChI is InChI=1S/C9H10N2/c1-7-2-3-8-4-5-10-9(8)11-6-7/h3-6H,2H2,1H3,(H,10,11). The molecule has 0 saturated heterocycles. The molecule has 0 unspecified atom stereocenters. The lowest BCUT2D eigenvalue weighted by Gasteiger charge is -1.86. The minimum atomic E-state index is 0.974. The number of H-pyrrole nitrogens is 1. The molecule has 2 rings (SSSR count). The van der Waals surface area contributed by atoms with E-state index in [1.54, 1.807) is 0 Å². The van der Waals surface area contributed by atoms with Crippen molar-refractivity contribution >= 4 is 6.08 Å². The molecule has 1 aliphatic rings. The van der Waals surface area contributed by atoms with E-state index in [9.17, 15) is 0 Å². The summed E-state index contributed by atoms with van der Waals surface area (Å²) in [6.07, 6.45) is 7.03. The van der Waals surface area contributed by atoms with Crippen molar-refractivity contribution < 1.29 is 0 Å². The Hall–Kier alpha value is -1.31. The highest BCUT2D eigenvalue weighted by atomic mass is 14.8. The predicted octanol–water partition coefficient (Wildman–Crippen LogP) is 0.722. The van der Waals surface area contributed by atoms with Crippen molar-refractivity contribution in [1.29, 1.82) is 0 Å². The molecule has 0 fully saturated rings. The van der Waals surface area contributed by atoms with E-state index in [1.807, 2.05) is 18.5 Å². The third-order valence-electron chi connectivity index (χ3n) is 1.81. The Morgan fingerprint density at radius 3 is 3.36 bits per heavy atom. The molecule has 2 heterocycles. The van der Waals surface area contributed by atoms with E-state index in [4.69, 9.17) is 0 Å². The van der Waals surface area contributed by atoms with E-state index < -0.39 is 0 Å². The van der Waals surface area contributed by atoms with Crippen molar-refractivity contribution in [3.63, 3.8) is 0 Å². The van der Waals surface area contributed by atoms with Crippen LogP contribution in [-0.2, 0) is 0 Å². The van der Waals surface area contributed by atoms with Crippen LogP contribution >= 0.6 is 0 Å². The highest BCUT2D eigenvalue weighted by Gasteiger charge is 1.92. The quantitative estimate of drug-likeness (QED) is 0.558. The summed E-state index contributed by atoms with van der Waals surface area (Å²) >= 11 is 0. The van der Waals surface area contributed by atoms with Gasteiger partial charge in [-0.2, -0.15) is 0 Å². The van der Waals surface area contributed by atoms with Gasteiger partial charge in [-0.05, 0) is 19.4 Å². The third-order valence-corrected chi connectivity index (χ3v) is 1.81. The van der Waals surface area contributed by atoms with Crippen LogP contribution in [0.25, 0.3) is 6.08 Å². The second-order valence-electron chi connectivity index (χ2n) is 2.79. The number of fused-ring (bicyclic) bond motifs is 1. The molecule has 1 aliphatic heterocycles. The van der Waals surface area contributed by atoms with Crippen LogP contribution in [0, 0.1) is 0 Å². The lowest BCUT2D eigenvalue weighted by atomic mass is 10.2. The summed E-state index contributed by atoms with van der Waals surface area (Å²) in [5.74, 6) is 0. The van der Waals surface area contributed by atoms with Crippen LogP contribution in [0.4, 0.5) is 0 Å². The molecule has 0 aliphatic carbocycles. The molecular formula is C9H10N2. The molecule has 1 aromatic heterocycles. The fourth-order valence-electron chi connectivity index (χ4n) is 1.15. The number of rotatable bonds is 0. The van der Waals surface area contributed by atoms with Crippen molar-refractivity contribution in [3.8, 4) is 0 Å². The van der Waals surface area contributed by atoms with Gasteiger partial charge in [-0.25, -0.2) is 4.99 Å². The van der Waals surface area contributed by atoms with Gasteiger partial charge in [-0.1, -0.05) is 11.6 Å². The summed E-state index contributed by atoms with van der Waals surface area (Å²) in [4.78, 5) is 7.35. The van der Waals surface area contributed by atoms with E-state index in [1.165, 1.54) is 10.8 Å². The zero-order valence-corrected chi connectivity index (χ0v) is 6.46. The molecule has 0 bridgehead atoms. The number of hydrogen-bond donors (Lipinski definition) is 1. The van der Waals surface area contributed by atoms with Crippen LogP contribution < -0.4 is 10.7 Å². The molecule has 1 N–H and O–H groups in total. The molecule has 11 heavy (non-hydrogen) atoms. The smallest absolute Gasteiger partial charge is 0.136 e.